The molecule has 0 spiro atoms. The van der Waals surface area contributed by atoms with Gasteiger partial charge < -0.3 is 15.7 Å². The molecule has 3 heteroatoms. The number of hydrogen-bond acceptors (Lipinski definition) is 3. The van der Waals surface area contributed by atoms with Crippen molar-refractivity contribution in [3.8, 4) is 0 Å². The monoisotopic (exact) mass is 248 g/mol. The standard InChI is InChI=1S/C15H24N2O/c1-17(11-15(18)8-9-16)14-7-6-12-4-2-3-5-13(12)10-14/h6-7,10,15,18H,2-5,8-9,11,16H2,1H3. The zero-order valence-corrected chi connectivity index (χ0v) is 11.2. The van der Waals surface area contributed by atoms with Crippen LogP contribution in [0.25, 0.3) is 0 Å². The minimum absolute atomic E-state index is 0.337. The van der Waals surface area contributed by atoms with Crippen molar-refractivity contribution in [1.82, 2.24) is 0 Å². The summed E-state index contributed by atoms with van der Waals surface area (Å²) in [7, 11) is 2.03. The molecule has 0 amide bonds. The normalized spacial score (nSPS) is 16.2. The highest BCUT2D eigenvalue weighted by Crippen LogP contribution is 2.25. The fourth-order valence-electron chi connectivity index (χ4n) is 2.66. The molecule has 0 aliphatic heterocycles. The van der Waals surface area contributed by atoms with Crippen LogP contribution in [0.3, 0.4) is 0 Å². The van der Waals surface area contributed by atoms with Crippen molar-refractivity contribution in [2.75, 3.05) is 25.0 Å². The predicted molar refractivity (Wildman–Crippen MR) is 76.0 cm³/mol. The Hall–Kier alpha value is -1.06. The largest absolute Gasteiger partial charge is 0.391 e. The van der Waals surface area contributed by atoms with E-state index < -0.39 is 0 Å². The number of benzene rings is 1. The maximum Gasteiger partial charge on any atom is 0.0726 e. The van der Waals surface area contributed by atoms with Gasteiger partial charge in [-0.2, -0.15) is 0 Å². The van der Waals surface area contributed by atoms with Crippen molar-refractivity contribution in [3.05, 3.63) is 29.3 Å². The van der Waals surface area contributed by atoms with Crippen molar-refractivity contribution >= 4 is 5.69 Å². The fraction of sp³-hybridized carbons (Fsp3) is 0.600. The molecule has 0 saturated carbocycles. The lowest BCUT2D eigenvalue weighted by Gasteiger charge is -2.25. The molecular weight excluding hydrogens is 224 g/mol. The summed E-state index contributed by atoms with van der Waals surface area (Å²) < 4.78 is 0. The van der Waals surface area contributed by atoms with Crippen molar-refractivity contribution in [3.63, 3.8) is 0 Å². The van der Waals surface area contributed by atoms with Gasteiger partial charge in [0.15, 0.2) is 0 Å². The average molecular weight is 248 g/mol. The van der Waals surface area contributed by atoms with E-state index in [1.54, 1.807) is 0 Å². The second-order valence-corrected chi connectivity index (χ2v) is 5.27. The molecule has 0 heterocycles. The van der Waals surface area contributed by atoms with E-state index in [0.29, 0.717) is 19.5 Å². The molecule has 1 aliphatic carbocycles. The zero-order valence-electron chi connectivity index (χ0n) is 11.2. The molecule has 3 N–H and O–H groups in total. The third-order valence-electron chi connectivity index (χ3n) is 3.76. The highest BCUT2D eigenvalue weighted by atomic mass is 16.3. The van der Waals surface area contributed by atoms with E-state index in [9.17, 15) is 5.11 Å². The maximum atomic E-state index is 9.80. The highest BCUT2D eigenvalue weighted by molar-refractivity contribution is 5.51. The number of aryl methyl sites for hydroxylation is 2. The molecular formula is C15H24N2O. The minimum atomic E-state index is -0.337. The van der Waals surface area contributed by atoms with Gasteiger partial charge in [-0.1, -0.05) is 6.07 Å². The van der Waals surface area contributed by atoms with Crippen LogP contribution < -0.4 is 10.6 Å². The molecule has 1 aliphatic rings. The van der Waals surface area contributed by atoms with Crippen LogP contribution in [0.15, 0.2) is 18.2 Å². The van der Waals surface area contributed by atoms with Gasteiger partial charge in [-0.15, -0.1) is 0 Å². The second kappa shape index (κ2) is 6.21. The number of rotatable bonds is 5. The van der Waals surface area contributed by atoms with E-state index in [1.807, 2.05) is 7.05 Å². The van der Waals surface area contributed by atoms with E-state index >= 15 is 0 Å². The van der Waals surface area contributed by atoms with Gasteiger partial charge in [0.1, 0.15) is 0 Å². The Labute approximate surface area is 110 Å². The number of likely N-dealkylation sites (N-methyl/N-ethyl adjacent to an activating group) is 1. The Morgan fingerprint density at radius 3 is 2.72 bits per heavy atom. The van der Waals surface area contributed by atoms with Crippen molar-refractivity contribution < 1.29 is 5.11 Å². The highest BCUT2D eigenvalue weighted by Gasteiger charge is 2.12. The molecule has 0 radical (unpaired) electrons. The van der Waals surface area contributed by atoms with E-state index in [4.69, 9.17) is 5.73 Å². The Balaban J connectivity index is 2.04. The van der Waals surface area contributed by atoms with Crippen LogP contribution in [-0.2, 0) is 12.8 Å². The van der Waals surface area contributed by atoms with Crippen LogP contribution in [0, 0.1) is 0 Å². The summed E-state index contributed by atoms with van der Waals surface area (Å²) >= 11 is 0. The lowest BCUT2D eigenvalue weighted by atomic mass is 9.91. The van der Waals surface area contributed by atoms with Gasteiger partial charge in [0.25, 0.3) is 0 Å². The quantitative estimate of drug-likeness (QED) is 0.834. The third-order valence-corrected chi connectivity index (χ3v) is 3.76. The number of aliphatic hydroxyl groups is 1. The van der Waals surface area contributed by atoms with Crippen LogP contribution in [0.4, 0.5) is 5.69 Å². The van der Waals surface area contributed by atoms with E-state index in [1.165, 1.54) is 42.5 Å². The Morgan fingerprint density at radius 2 is 2.00 bits per heavy atom. The second-order valence-electron chi connectivity index (χ2n) is 5.27. The number of nitrogens with two attached hydrogens (primary N) is 1. The molecule has 3 nitrogen and oxygen atoms in total. The van der Waals surface area contributed by atoms with Crippen molar-refractivity contribution in [2.24, 2.45) is 5.73 Å². The van der Waals surface area contributed by atoms with Gasteiger partial charge in [-0.3, -0.25) is 0 Å². The molecule has 1 atom stereocenters. The van der Waals surface area contributed by atoms with Gasteiger partial charge in [0.05, 0.1) is 6.10 Å². The first kappa shape index (κ1) is 13.4. The van der Waals surface area contributed by atoms with Crippen LogP contribution in [0.2, 0.25) is 0 Å². The van der Waals surface area contributed by atoms with Crippen LogP contribution in [-0.4, -0.2) is 31.3 Å². The molecule has 0 saturated heterocycles. The van der Waals surface area contributed by atoms with Gasteiger partial charge >= 0.3 is 0 Å². The first-order valence-electron chi connectivity index (χ1n) is 6.92. The van der Waals surface area contributed by atoms with E-state index in [-0.39, 0.29) is 6.10 Å². The van der Waals surface area contributed by atoms with Gasteiger partial charge in [0.2, 0.25) is 0 Å². The number of fused-ring (bicyclic) bond motifs is 1. The smallest absolute Gasteiger partial charge is 0.0726 e. The van der Waals surface area contributed by atoms with E-state index in [0.717, 1.165) is 0 Å². The molecule has 1 aromatic carbocycles. The molecule has 0 aromatic heterocycles. The molecule has 1 aromatic rings. The SMILES string of the molecule is CN(CC(O)CCN)c1ccc2c(c1)CCCC2. The molecule has 0 fully saturated rings. The number of aliphatic hydroxyl groups excluding tert-OH is 1. The zero-order chi connectivity index (χ0) is 13.0. The summed E-state index contributed by atoms with van der Waals surface area (Å²) in [6.45, 7) is 1.19. The summed E-state index contributed by atoms with van der Waals surface area (Å²) in [5, 5.41) is 9.80. The minimum Gasteiger partial charge on any atom is -0.391 e. The van der Waals surface area contributed by atoms with Crippen molar-refractivity contribution in [1.29, 1.82) is 0 Å². The lowest BCUT2D eigenvalue weighted by Crippen LogP contribution is -2.30. The molecule has 18 heavy (non-hydrogen) atoms. The van der Waals surface area contributed by atoms with Crippen molar-refractivity contribution in [2.45, 2.75) is 38.2 Å². The molecule has 0 bridgehead atoms. The summed E-state index contributed by atoms with van der Waals surface area (Å²) in [5.74, 6) is 0. The van der Waals surface area contributed by atoms with Gasteiger partial charge in [-0.25, -0.2) is 0 Å². The summed E-state index contributed by atoms with van der Waals surface area (Å²) in [4.78, 5) is 2.12. The molecule has 2 rings (SSSR count). The fourth-order valence-corrected chi connectivity index (χ4v) is 2.66. The van der Waals surface area contributed by atoms with Crippen LogP contribution in [0.5, 0.6) is 0 Å². The first-order chi connectivity index (χ1) is 8.70. The van der Waals surface area contributed by atoms with Crippen LogP contribution in [0.1, 0.15) is 30.4 Å². The summed E-state index contributed by atoms with van der Waals surface area (Å²) in [6, 6.07) is 6.69. The Kier molecular flexibility index (Phi) is 4.61. The molecule has 100 valence electrons. The van der Waals surface area contributed by atoms with Gasteiger partial charge in [-0.05, 0) is 61.9 Å². The first-order valence-corrected chi connectivity index (χ1v) is 6.92. The average Bonchev–Trinajstić information content (AvgIpc) is 2.38. The summed E-state index contributed by atoms with van der Waals surface area (Å²) in [6.07, 6.45) is 5.36. The Bertz CT molecular complexity index is 392. The number of nitrogens with zero attached hydrogens (tertiary/aromatic N) is 1. The Morgan fingerprint density at radius 1 is 1.28 bits per heavy atom. The number of anilines is 1. The maximum absolute atomic E-state index is 9.80. The molecule has 1 unspecified atom stereocenters. The lowest BCUT2D eigenvalue weighted by molar-refractivity contribution is 0.174. The third kappa shape index (κ3) is 3.24. The predicted octanol–water partition coefficient (Wildman–Crippen LogP) is 1.71. The van der Waals surface area contributed by atoms with Crippen LogP contribution >= 0.6 is 0 Å². The topological polar surface area (TPSA) is 49.5 Å². The van der Waals surface area contributed by atoms with E-state index in [2.05, 4.69) is 23.1 Å². The number of hydrogen-bond donors (Lipinski definition) is 2. The summed E-state index contributed by atoms with van der Waals surface area (Å²) in [5.41, 5.74) is 9.64. The van der Waals surface area contributed by atoms with Gasteiger partial charge in [0, 0.05) is 19.3 Å².